The number of unbranched alkanes of at least 4 members (excludes halogenated alkanes) is 2. The number of hydrogen-bond donors (Lipinski definition) is 1. The van der Waals surface area contributed by atoms with Crippen LogP contribution in [-0.2, 0) is 0 Å². The van der Waals surface area contributed by atoms with Crippen molar-refractivity contribution >= 4 is 11.4 Å². The van der Waals surface area contributed by atoms with E-state index in [1.54, 1.807) is 12.1 Å². The number of nitro groups is 1. The normalized spacial score (nSPS) is 10.2. The quantitative estimate of drug-likeness (QED) is 0.417. The van der Waals surface area contributed by atoms with Gasteiger partial charge in [-0.1, -0.05) is 26.7 Å². The van der Waals surface area contributed by atoms with Crippen molar-refractivity contribution in [2.24, 2.45) is 0 Å². The zero-order chi connectivity index (χ0) is 14.1. The summed E-state index contributed by atoms with van der Waals surface area (Å²) in [7, 11) is 0. The molecule has 0 bridgehead atoms. The van der Waals surface area contributed by atoms with Gasteiger partial charge in [0.25, 0.3) is 0 Å². The van der Waals surface area contributed by atoms with E-state index in [0.29, 0.717) is 12.4 Å². The van der Waals surface area contributed by atoms with Gasteiger partial charge in [0.2, 0.25) is 0 Å². The molecule has 0 atom stereocenters. The van der Waals surface area contributed by atoms with Gasteiger partial charge in [-0.15, -0.1) is 0 Å². The maximum absolute atomic E-state index is 10.9. The molecule has 0 radical (unpaired) electrons. The van der Waals surface area contributed by atoms with Crippen molar-refractivity contribution in [1.82, 2.24) is 0 Å². The highest BCUT2D eigenvalue weighted by molar-refractivity contribution is 5.57. The smallest absolute Gasteiger partial charge is 0.311 e. The molecule has 0 spiro atoms. The van der Waals surface area contributed by atoms with Gasteiger partial charge in [0, 0.05) is 24.4 Å². The number of nitrogens with one attached hydrogen (secondary N) is 1. The van der Waals surface area contributed by atoms with Crippen LogP contribution in [0.25, 0.3) is 0 Å². The second kappa shape index (κ2) is 8.34. The van der Waals surface area contributed by atoms with Gasteiger partial charge in [-0.3, -0.25) is 10.1 Å². The highest BCUT2D eigenvalue weighted by Gasteiger charge is 2.15. The average molecular weight is 266 g/mol. The maximum Gasteiger partial charge on any atom is 0.311 e. The molecule has 0 unspecified atom stereocenters. The predicted octanol–water partition coefficient (Wildman–Crippen LogP) is 3.99. The minimum atomic E-state index is -0.411. The Morgan fingerprint density at radius 1 is 1.26 bits per heavy atom. The molecule has 19 heavy (non-hydrogen) atoms. The van der Waals surface area contributed by atoms with E-state index in [1.807, 2.05) is 6.92 Å². The van der Waals surface area contributed by atoms with Crippen LogP contribution >= 0.6 is 0 Å². The highest BCUT2D eigenvalue weighted by Crippen LogP contribution is 2.30. The summed E-state index contributed by atoms with van der Waals surface area (Å²) in [6, 6.07) is 4.93. The first kappa shape index (κ1) is 15.3. The van der Waals surface area contributed by atoms with Crippen LogP contribution in [-0.4, -0.2) is 18.1 Å². The molecule has 0 aliphatic heterocycles. The van der Waals surface area contributed by atoms with Gasteiger partial charge in [-0.2, -0.15) is 0 Å². The lowest BCUT2D eigenvalue weighted by molar-refractivity contribution is -0.385. The summed E-state index contributed by atoms with van der Waals surface area (Å²) in [5, 5.41) is 14.2. The SMILES string of the molecule is CCCCCNc1ccc([N+](=O)[O-])c(OCCC)c1. The summed E-state index contributed by atoms with van der Waals surface area (Å²) in [6.07, 6.45) is 4.27. The van der Waals surface area contributed by atoms with E-state index in [2.05, 4.69) is 12.2 Å². The van der Waals surface area contributed by atoms with Crippen LogP contribution in [0.3, 0.4) is 0 Å². The molecule has 1 aromatic rings. The lowest BCUT2D eigenvalue weighted by Crippen LogP contribution is -2.04. The second-order valence-electron chi connectivity index (χ2n) is 4.42. The largest absolute Gasteiger partial charge is 0.487 e. The highest BCUT2D eigenvalue weighted by atomic mass is 16.6. The second-order valence-corrected chi connectivity index (χ2v) is 4.42. The third kappa shape index (κ3) is 5.16. The van der Waals surface area contributed by atoms with Gasteiger partial charge in [0.05, 0.1) is 11.5 Å². The number of rotatable bonds is 9. The van der Waals surface area contributed by atoms with E-state index in [9.17, 15) is 10.1 Å². The van der Waals surface area contributed by atoms with Gasteiger partial charge in [0.15, 0.2) is 5.75 Å². The molecule has 0 saturated carbocycles. The Bertz CT molecular complexity index is 408. The van der Waals surface area contributed by atoms with Crippen molar-refractivity contribution < 1.29 is 9.66 Å². The molecule has 1 rings (SSSR count). The fourth-order valence-corrected chi connectivity index (χ4v) is 1.71. The van der Waals surface area contributed by atoms with Crippen molar-refractivity contribution in [2.45, 2.75) is 39.5 Å². The first-order valence-corrected chi connectivity index (χ1v) is 6.84. The van der Waals surface area contributed by atoms with E-state index in [1.165, 1.54) is 18.9 Å². The molecule has 0 aliphatic rings. The Kier molecular flexibility index (Phi) is 6.71. The fourth-order valence-electron chi connectivity index (χ4n) is 1.71. The summed E-state index contributed by atoms with van der Waals surface area (Å²) < 4.78 is 5.43. The van der Waals surface area contributed by atoms with Crippen molar-refractivity contribution in [3.8, 4) is 5.75 Å². The molecule has 106 valence electrons. The molecular formula is C14H22N2O3. The van der Waals surface area contributed by atoms with E-state index in [0.717, 1.165) is 25.1 Å². The zero-order valence-corrected chi connectivity index (χ0v) is 11.6. The van der Waals surface area contributed by atoms with Gasteiger partial charge < -0.3 is 10.1 Å². The first-order valence-electron chi connectivity index (χ1n) is 6.84. The molecule has 0 fully saturated rings. The molecule has 0 heterocycles. The minimum absolute atomic E-state index is 0.0209. The lowest BCUT2D eigenvalue weighted by atomic mass is 10.2. The van der Waals surface area contributed by atoms with Crippen molar-refractivity contribution in [3.05, 3.63) is 28.3 Å². The van der Waals surface area contributed by atoms with Crippen LogP contribution in [0.4, 0.5) is 11.4 Å². The lowest BCUT2D eigenvalue weighted by Gasteiger charge is -2.09. The van der Waals surface area contributed by atoms with Gasteiger partial charge in [-0.25, -0.2) is 0 Å². The maximum atomic E-state index is 10.9. The Hall–Kier alpha value is -1.78. The van der Waals surface area contributed by atoms with E-state index < -0.39 is 4.92 Å². The Morgan fingerprint density at radius 2 is 2.05 bits per heavy atom. The number of nitrogens with zero attached hydrogens (tertiary/aromatic N) is 1. The van der Waals surface area contributed by atoms with E-state index in [4.69, 9.17) is 4.74 Å². The number of ether oxygens (including phenoxy) is 1. The van der Waals surface area contributed by atoms with Gasteiger partial charge >= 0.3 is 5.69 Å². The summed E-state index contributed by atoms with van der Waals surface area (Å²) in [5.41, 5.74) is 0.889. The van der Waals surface area contributed by atoms with Crippen molar-refractivity contribution in [1.29, 1.82) is 0 Å². The van der Waals surface area contributed by atoms with Gasteiger partial charge in [-0.05, 0) is 18.9 Å². The van der Waals surface area contributed by atoms with Crippen LogP contribution in [0, 0.1) is 10.1 Å². The number of hydrogen-bond acceptors (Lipinski definition) is 4. The third-order valence-electron chi connectivity index (χ3n) is 2.73. The molecule has 0 aliphatic carbocycles. The third-order valence-corrected chi connectivity index (χ3v) is 2.73. The van der Waals surface area contributed by atoms with E-state index >= 15 is 0 Å². The predicted molar refractivity (Wildman–Crippen MR) is 76.9 cm³/mol. The number of nitro benzene ring substituents is 1. The van der Waals surface area contributed by atoms with Crippen LogP contribution in [0.15, 0.2) is 18.2 Å². The Morgan fingerprint density at radius 3 is 2.68 bits per heavy atom. The summed E-state index contributed by atoms with van der Waals surface area (Å²) in [6.45, 7) is 5.49. The molecular weight excluding hydrogens is 244 g/mol. The summed E-state index contributed by atoms with van der Waals surface area (Å²) in [5.74, 6) is 0.340. The molecule has 5 nitrogen and oxygen atoms in total. The molecule has 1 aromatic carbocycles. The summed E-state index contributed by atoms with van der Waals surface area (Å²) >= 11 is 0. The van der Waals surface area contributed by atoms with E-state index in [-0.39, 0.29) is 5.69 Å². The molecule has 0 amide bonds. The van der Waals surface area contributed by atoms with Crippen LogP contribution in [0.2, 0.25) is 0 Å². The molecule has 5 heteroatoms. The average Bonchev–Trinajstić information content (AvgIpc) is 2.41. The molecule has 1 N–H and O–H groups in total. The molecule has 0 aromatic heterocycles. The number of benzene rings is 1. The Labute approximate surface area is 114 Å². The monoisotopic (exact) mass is 266 g/mol. The Balaban J connectivity index is 2.70. The topological polar surface area (TPSA) is 64.4 Å². The van der Waals surface area contributed by atoms with Crippen LogP contribution in [0.5, 0.6) is 5.75 Å². The fraction of sp³-hybridized carbons (Fsp3) is 0.571. The minimum Gasteiger partial charge on any atom is -0.487 e. The zero-order valence-electron chi connectivity index (χ0n) is 11.6. The van der Waals surface area contributed by atoms with Crippen molar-refractivity contribution in [2.75, 3.05) is 18.5 Å². The van der Waals surface area contributed by atoms with Gasteiger partial charge in [0.1, 0.15) is 0 Å². The molecule has 0 saturated heterocycles. The van der Waals surface area contributed by atoms with Crippen LogP contribution < -0.4 is 10.1 Å². The summed E-state index contributed by atoms with van der Waals surface area (Å²) in [4.78, 5) is 10.5. The number of anilines is 1. The first-order chi connectivity index (χ1) is 9.19. The van der Waals surface area contributed by atoms with Crippen LogP contribution in [0.1, 0.15) is 39.5 Å². The van der Waals surface area contributed by atoms with Crippen molar-refractivity contribution in [3.63, 3.8) is 0 Å². The standard InChI is InChI=1S/C14H22N2O3/c1-3-5-6-9-15-12-7-8-13(16(17)18)14(11-12)19-10-4-2/h7-8,11,15H,3-6,9-10H2,1-2H3.